The second kappa shape index (κ2) is 13.7. The molecule has 0 aliphatic carbocycles. The van der Waals surface area contributed by atoms with E-state index in [4.69, 9.17) is 0 Å². The Hall–Kier alpha value is 1.10. The van der Waals surface area contributed by atoms with E-state index in [-0.39, 0.29) is 40.1 Å². The Morgan fingerprint density at radius 1 is 1.09 bits per heavy atom. The first-order valence-corrected chi connectivity index (χ1v) is 4.16. The molecule has 0 unspecified atom stereocenters. The van der Waals surface area contributed by atoms with Crippen molar-refractivity contribution in [3.63, 3.8) is 0 Å². The zero-order valence-electron chi connectivity index (χ0n) is 8.56. The van der Waals surface area contributed by atoms with Crippen molar-refractivity contribution < 1.29 is 32.7 Å². The molecule has 0 bridgehead atoms. The van der Waals surface area contributed by atoms with E-state index in [1.165, 1.54) is 25.7 Å². The van der Waals surface area contributed by atoms with Gasteiger partial charge in [0.25, 0.3) is 0 Å². The zero-order chi connectivity index (χ0) is 7.11. The maximum atomic E-state index is 2.39. The van der Waals surface area contributed by atoms with Crippen LogP contribution in [0.3, 0.4) is 0 Å². The van der Waals surface area contributed by atoms with Gasteiger partial charge in [-0.25, -0.2) is 0 Å². The Morgan fingerprint density at radius 3 is 1.82 bits per heavy atom. The summed E-state index contributed by atoms with van der Waals surface area (Å²) in [5.41, 5.74) is 0. The van der Waals surface area contributed by atoms with Crippen molar-refractivity contribution in [2.75, 3.05) is 0 Å². The van der Waals surface area contributed by atoms with Gasteiger partial charge in [0.05, 0.1) is 0 Å². The van der Waals surface area contributed by atoms with Crippen molar-refractivity contribution in [2.45, 2.75) is 46.5 Å². The molecular formula is C10H22Y-2. The summed E-state index contributed by atoms with van der Waals surface area (Å²) in [6, 6.07) is 0. The van der Waals surface area contributed by atoms with E-state index in [1.54, 1.807) is 0 Å². The number of rotatable bonds is 5. The Morgan fingerprint density at radius 2 is 1.55 bits per heavy atom. The summed E-state index contributed by atoms with van der Waals surface area (Å²) in [6.45, 7) is 6.76. The Labute approximate surface area is 98.4 Å². The van der Waals surface area contributed by atoms with Crippen LogP contribution in [0.5, 0.6) is 0 Å². The van der Waals surface area contributed by atoms with Crippen LogP contribution in [0.15, 0.2) is 0 Å². The first kappa shape index (κ1) is 18.0. The molecule has 0 fully saturated rings. The van der Waals surface area contributed by atoms with E-state index in [1.807, 2.05) is 0 Å². The molecule has 0 saturated heterocycles. The van der Waals surface area contributed by atoms with Gasteiger partial charge in [0.2, 0.25) is 0 Å². The van der Waals surface area contributed by atoms with Crippen molar-refractivity contribution in [1.29, 1.82) is 0 Å². The third-order valence-electron chi connectivity index (χ3n) is 1.94. The van der Waals surface area contributed by atoms with Crippen LogP contribution in [0, 0.1) is 19.8 Å². The van der Waals surface area contributed by atoms with Crippen LogP contribution in [0.1, 0.15) is 46.5 Å². The summed E-state index contributed by atoms with van der Waals surface area (Å²) >= 11 is 0. The van der Waals surface area contributed by atoms with Crippen LogP contribution < -0.4 is 0 Å². The van der Waals surface area contributed by atoms with Gasteiger partial charge in [0.15, 0.2) is 0 Å². The fraction of sp³-hybridized carbons (Fsp3) is 0.800. The molecule has 0 saturated carbocycles. The van der Waals surface area contributed by atoms with Crippen LogP contribution >= 0.6 is 0 Å². The van der Waals surface area contributed by atoms with Gasteiger partial charge in [-0.05, 0) is 0 Å². The molecule has 0 heterocycles. The summed E-state index contributed by atoms with van der Waals surface area (Å²) in [7, 11) is 0. The number of hydrogen-bond acceptors (Lipinski definition) is 0. The van der Waals surface area contributed by atoms with Gasteiger partial charge in [-0.3, -0.25) is 0 Å². The number of hydrogen-bond donors (Lipinski definition) is 0. The maximum Gasteiger partial charge on any atom is 0 e. The maximum absolute atomic E-state index is 2.39. The summed E-state index contributed by atoms with van der Waals surface area (Å²) in [6.07, 6.45) is 7.62. The van der Waals surface area contributed by atoms with Crippen molar-refractivity contribution in [3.05, 3.63) is 13.8 Å². The summed E-state index contributed by atoms with van der Waals surface area (Å²) in [4.78, 5) is 0. The standard InChI is InChI=1S/C9H19.CH3.Y/c1-4-7-8-9(5-2)6-3;;/h7,9H,4-6,8H2,1-3H3;1H3;/q2*-1;. The van der Waals surface area contributed by atoms with Crippen molar-refractivity contribution in [1.82, 2.24) is 0 Å². The minimum Gasteiger partial charge on any atom is -0.358 e. The molecule has 0 nitrogen and oxygen atoms in total. The number of unbranched alkanes of at least 4 members (excludes halogenated alkanes) is 1. The molecule has 1 radical (unpaired) electrons. The Bertz CT molecular complexity index is 48.8. The van der Waals surface area contributed by atoms with Crippen LogP contribution in [0.25, 0.3) is 0 Å². The van der Waals surface area contributed by atoms with E-state index in [0.29, 0.717) is 0 Å². The Balaban J connectivity index is -0.000000320. The SMILES string of the molecule is CC[CH-]CC(CC)CC.[CH3-].[Y]. The predicted molar refractivity (Wildman–Crippen MR) is 49.7 cm³/mol. The fourth-order valence-corrected chi connectivity index (χ4v) is 1.02. The molecular weight excluding hydrogens is 209 g/mol. The molecule has 0 atom stereocenters. The van der Waals surface area contributed by atoms with Crippen molar-refractivity contribution in [3.8, 4) is 0 Å². The van der Waals surface area contributed by atoms with E-state index in [9.17, 15) is 0 Å². The molecule has 1 heteroatoms. The van der Waals surface area contributed by atoms with Gasteiger partial charge in [0.1, 0.15) is 0 Å². The minimum absolute atomic E-state index is 0. The topological polar surface area (TPSA) is 0 Å². The molecule has 0 N–H and O–H groups in total. The molecule has 11 heavy (non-hydrogen) atoms. The molecule has 0 aromatic carbocycles. The largest absolute Gasteiger partial charge is 0.358 e. The van der Waals surface area contributed by atoms with Gasteiger partial charge in [0, 0.05) is 32.7 Å². The fourth-order valence-electron chi connectivity index (χ4n) is 1.02. The average molecular weight is 231 g/mol. The van der Waals surface area contributed by atoms with Gasteiger partial charge in [-0.2, -0.15) is 12.8 Å². The molecule has 0 aromatic rings. The zero-order valence-corrected chi connectivity index (χ0v) is 11.4. The van der Waals surface area contributed by atoms with Crippen LogP contribution in [-0.2, 0) is 32.7 Å². The van der Waals surface area contributed by atoms with Gasteiger partial charge in [-0.15, -0.1) is 0 Å². The third kappa shape index (κ3) is 11.1. The summed E-state index contributed by atoms with van der Waals surface area (Å²) in [5.74, 6) is 0.949. The predicted octanol–water partition coefficient (Wildman–Crippen LogP) is 3.87. The first-order valence-electron chi connectivity index (χ1n) is 4.16. The quantitative estimate of drug-likeness (QED) is 0.630. The van der Waals surface area contributed by atoms with Gasteiger partial charge >= 0.3 is 0 Å². The smallest absolute Gasteiger partial charge is 0 e. The van der Waals surface area contributed by atoms with Crippen LogP contribution in [0.2, 0.25) is 0 Å². The monoisotopic (exact) mass is 231 g/mol. The minimum atomic E-state index is 0. The Kier molecular flexibility index (Phi) is 22.4. The molecule has 0 aliphatic heterocycles. The van der Waals surface area contributed by atoms with E-state index in [2.05, 4.69) is 27.2 Å². The molecule has 0 aliphatic rings. The molecule has 0 spiro atoms. The van der Waals surface area contributed by atoms with E-state index < -0.39 is 0 Å². The van der Waals surface area contributed by atoms with Crippen LogP contribution in [-0.4, -0.2) is 0 Å². The summed E-state index contributed by atoms with van der Waals surface area (Å²) in [5, 5.41) is 0. The van der Waals surface area contributed by atoms with Crippen molar-refractivity contribution in [2.24, 2.45) is 5.92 Å². The average Bonchev–Trinajstić information content (AvgIpc) is 1.91. The molecule has 67 valence electrons. The van der Waals surface area contributed by atoms with E-state index >= 15 is 0 Å². The first-order chi connectivity index (χ1) is 4.35. The van der Waals surface area contributed by atoms with Gasteiger partial charge < -0.3 is 13.8 Å². The molecule has 0 aromatic heterocycles. The molecule has 0 rings (SSSR count). The van der Waals surface area contributed by atoms with Crippen molar-refractivity contribution >= 4 is 0 Å². The second-order valence-electron chi connectivity index (χ2n) is 2.62. The van der Waals surface area contributed by atoms with E-state index in [0.717, 1.165) is 5.92 Å². The third-order valence-corrected chi connectivity index (χ3v) is 1.94. The second-order valence-corrected chi connectivity index (χ2v) is 2.62. The normalized spacial score (nSPS) is 8.73. The molecule has 0 amide bonds. The van der Waals surface area contributed by atoms with Gasteiger partial charge in [-0.1, -0.05) is 39.5 Å². The summed E-state index contributed by atoms with van der Waals surface area (Å²) < 4.78 is 0. The van der Waals surface area contributed by atoms with Crippen LogP contribution in [0.4, 0.5) is 0 Å².